The van der Waals surface area contributed by atoms with Crippen molar-refractivity contribution in [2.24, 2.45) is 17.3 Å². The summed E-state index contributed by atoms with van der Waals surface area (Å²) in [6.07, 6.45) is 5.96. The Bertz CT molecular complexity index is 1120. The van der Waals surface area contributed by atoms with Gasteiger partial charge >= 0.3 is 0 Å². The molecule has 1 saturated carbocycles. The number of hydrogen-bond acceptors (Lipinski definition) is 4. The maximum atomic E-state index is 12.4. The molecule has 32 heavy (non-hydrogen) atoms. The number of halogens is 2. The van der Waals surface area contributed by atoms with Crippen LogP contribution < -0.4 is 5.56 Å². The smallest absolute Gasteiger partial charge is 0.283 e. The molecule has 3 heterocycles. The monoisotopic (exact) mass is 474 g/mol. The topological polar surface area (TPSA) is 69.3 Å². The third kappa shape index (κ3) is 3.87. The van der Waals surface area contributed by atoms with Crippen LogP contribution in [-0.2, 0) is 19.4 Å². The quantitative estimate of drug-likeness (QED) is 0.690. The molecule has 0 bridgehead atoms. The number of aromatic nitrogens is 2. The molecule has 170 valence electrons. The van der Waals surface area contributed by atoms with Gasteiger partial charge in [0.15, 0.2) is 0 Å². The number of carbonyl (C=O) groups excluding carboxylic acids is 1. The van der Waals surface area contributed by atoms with Crippen molar-refractivity contribution in [3.63, 3.8) is 0 Å². The van der Waals surface area contributed by atoms with E-state index in [0.29, 0.717) is 34.4 Å². The van der Waals surface area contributed by atoms with Gasteiger partial charge in [0.05, 0.1) is 16.8 Å². The zero-order chi connectivity index (χ0) is 22.6. The average Bonchev–Trinajstić information content (AvgIpc) is 2.99. The molecule has 3 aliphatic rings. The molecule has 0 radical (unpaired) electrons. The van der Waals surface area contributed by atoms with E-state index in [1.165, 1.54) is 18.4 Å². The first-order valence-electron chi connectivity index (χ1n) is 11.2. The van der Waals surface area contributed by atoms with Crippen LogP contribution in [0.4, 0.5) is 0 Å². The van der Waals surface area contributed by atoms with Crippen molar-refractivity contribution in [2.75, 3.05) is 26.7 Å². The lowest BCUT2D eigenvalue weighted by Crippen LogP contribution is -2.63. The summed E-state index contributed by atoms with van der Waals surface area (Å²) in [4.78, 5) is 28.3. The molecule has 1 aromatic heterocycles. The van der Waals surface area contributed by atoms with Crippen molar-refractivity contribution in [1.29, 1.82) is 0 Å². The fraction of sp³-hybridized carbons (Fsp3) is 0.542. The molecular weight excluding hydrogens is 447 g/mol. The molecule has 1 N–H and O–H groups in total. The van der Waals surface area contributed by atoms with Crippen LogP contribution in [0, 0.1) is 17.3 Å². The molecule has 0 unspecified atom stereocenters. The Morgan fingerprint density at radius 1 is 1.22 bits per heavy atom. The predicted molar refractivity (Wildman–Crippen MR) is 125 cm³/mol. The number of likely N-dealkylation sites (tertiary alicyclic amines) is 1. The number of H-pyrrole nitrogens is 1. The summed E-state index contributed by atoms with van der Waals surface area (Å²) >= 11 is 12.4. The zero-order valence-corrected chi connectivity index (χ0v) is 20.0. The van der Waals surface area contributed by atoms with Gasteiger partial charge in [-0.3, -0.25) is 9.59 Å². The van der Waals surface area contributed by atoms with Gasteiger partial charge in [-0.15, -0.1) is 0 Å². The summed E-state index contributed by atoms with van der Waals surface area (Å²) in [5, 5.41) is 7.07. The average molecular weight is 475 g/mol. The van der Waals surface area contributed by atoms with Crippen LogP contribution in [0.15, 0.2) is 23.1 Å². The van der Waals surface area contributed by atoms with Crippen molar-refractivity contribution in [3.05, 3.63) is 61.0 Å². The summed E-state index contributed by atoms with van der Waals surface area (Å²) in [5.74, 6) is 1.13. The second-order valence-electron chi connectivity index (χ2n) is 10.2. The molecule has 1 amide bonds. The first-order valence-corrected chi connectivity index (χ1v) is 12.0. The lowest BCUT2D eigenvalue weighted by molar-refractivity contribution is -0.0980. The molecule has 1 spiro atoms. The van der Waals surface area contributed by atoms with Crippen molar-refractivity contribution in [1.82, 2.24) is 20.0 Å². The minimum absolute atomic E-state index is 0.0397. The first-order chi connectivity index (χ1) is 15.2. The van der Waals surface area contributed by atoms with Crippen LogP contribution in [0.1, 0.15) is 46.8 Å². The van der Waals surface area contributed by atoms with Gasteiger partial charge in [-0.1, -0.05) is 36.2 Å². The Morgan fingerprint density at radius 2 is 1.97 bits per heavy atom. The van der Waals surface area contributed by atoms with E-state index < -0.39 is 0 Å². The van der Waals surface area contributed by atoms with Gasteiger partial charge in [0.1, 0.15) is 5.02 Å². The summed E-state index contributed by atoms with van der Waals surface area (Å²) in [6.45, 7) is 6.17. The summed E-state index contributed by atoms with van der Waals surface area (Å²) < 4.78 is 0. The van der Waals surface area contributed by atoms with Crippen molar-refractivity contribution in [2.45, 2.75) is 39.2 Å². The summed E-state index contributed by atoms with van der Waals surface area (Å²) in [7, 11) is 1.84. The number of carbonyl (C=O) groups is 1. The number of nitrogens with zero attached hydrogens (tertiary/aromatic N) is 3. The Hall–Kier alpha value is -1.89. The van der Waals surface area contributed by atoms with Gasteiger partial charge in [0, 0.05) is 33.2 Å². The van der Waals surface area contributed by atoms with Crippen LogP contribution in [0.25, 0.3) is 0 Å². The largest absolute Gasteiger partial charge is 0.337 e. The minimum Gasteiger partial charge on any atom is -0.337 e. The maximum Gasteiger partial charge on any atom is 0.283 e. The van der Waals surface area contributed by atoms with Crippen LogP contribution in [0.3, 0.4) is 0 Å². The third-order valence-electron chi connectivity index (χ3n) is 7.39. The summed E-state index contributed by atoms with van der Waals surface area (Å²) in [6, 6.07) is 4.00. The normalized spacial score (nSPS) is 20.9. The molecular formula is C24H28Cl2N4O2. The van der Waals surface area contributed by atoms with Gasteiger partial charge in [-0.2, -0.15) is 5.10 Å². The minimum atomic E-state index is -0.317. The highest BCUT2D eigenvalue weighted by atomic mass is 35.5. The van der Waals surface area contributed by atoms with Gasteiger partial charge < -0.3 is 9.80 Å². The van der Waals surface area contributed by atoms with Gasteiger partial charge in [-0.25, -0.2) is 5.10 Å². The molecule has 6 nitrogen and oxygen atoms in total. The first kappa shape index (κ1) is 21.9. The Labute approximate surface area is 197 Å². The number of rotatable bonds is 6. The van der Waals surface area contributed by atoms with Gasteiger partial charge in [-0.05, 0) is 65.7 Å². The number of fused-ring (bicyclic) bond motifs is 1. The number of nitrogens with one attached hydrogen (secondary N) is 1. The highest BCUT2D eigenvalue weighted by Gasteiger charge is 2.52. The zero-order valence-electron chi connectivity index (χ0n) is 18.5. The van der Waals surface area contributed by atoms with Crippen molar-refractivity contribution >= 4 is 29.1 Å². The lowest BCUT2D eigenvalue weighted by Gasteiger charge is -2.60. The van der Waals surface area contributed by atoms with E-state index in [2.05, 4.69) is 28.1 Å². The van der Waals surface area contributed by atoms with E-state index >= 15 is 0 Å². The van der Waals surface area contributed by atoms with E-state index in [4.69, 9.17) is 23.2 Å². The second kappa shape index (κ2) is 8.15. The Kier molecular flexibility index (Phi) is 5.59. The Balaban J connectivity index is 1.12. The fourth-order valence-corrected chi connectivity index (χ4v) is 6.54. The summed E-state index contributed by atoms with van der Waals surface area (Å²) in [5.41, 5.74) is 4.09. The van der Waals surface area contributed by atoms with Gasteiger partial charge in [0.25, 0.3) is 11.5 Å². The molecule has 1 atom stereocenters. The standard InChI is InChI=1S/C24H28Cl2N4O2/c1-14(5-17-9-27-28-22(31)21(17)26)10-30-12-24(13-30)7-15(8-24)6-16-3-4-19(25)20-18(16)11-29(2)23(20)32/h3-4,9,14-15H,5-8,10-13H2,1-2H3,(H,28,31)/t14-/m0/s1. The number of hydrogen-bond donors (Lipinski definition) is 1. The van der Waals surface area contributed by atoms with Crippen LogP contribution in [-0.4, -0.2) is 52.6 Å². The predicted octanol–water partition coefficient (Wildman–Crippen LogP) is 3.80. The highest BCUT2D eigenvalue weighted by Crippen LogP contribution is 2.53. The molecule has 1 aromatic carbocycles. The lowest BCUT2D eigenvalue weighted by atomic mass is 9.56. The molecule has 2 aromatic rings. The maximum absolute atomic E-state index is 12.4. The third-order valence-corrected chi connectivity index (χ3v) is 8.12. The second-order valence-corrected chi connectivity index (χ2v) is 11.0. The highest BCUT2D eigenvalue weighted by molar-refractivity contribution is 6.34. The van der Waals surface area contributed by atoms with Crippen molar-refractivity contribution in [3.8, 4) is 0 Å². The van der Waals surface area contributed by atoms with Crippen LogP contribution >= 0.6 is 23.2 Å². The van der Waals surface area contributed by atoms with E-state index in [-0.39, 0.29) is 16.5 Å². The molecule has 1 aliphatic carbocycles. The van der Waals surface area contributed by atoms with E-state index in [1.807, 2.05) is 13.1 Å². The molecule has 2 fully saturated rings. The number of aromatic amines is 1. The van der Waals surface area contributed by atoms with E-state index in [1.54, 1.807) is 11.1 Å². The fourth-order valence-electron chi connectivity index (χ4n) is 6.12. The number of amides is 1. The SMILES string of the molecule is C[C@@H](Cc1cn[nH]c(=O)c1Cl)CN1CC2(CC(Cc3ccc(Cl)c4c3CN(C)C4=O)C2)C1. The number of benzene rings is 1. The van der Waals surface area contributed by atoms with E-state index in [0.717, 1.165) is 43.6 Å². The van der Waals surface area contributed by atoms with Crippen molar-refractivity contribution < 1.29 is 4.79 Å². The van der Waals surface area contributed by atoms with Gasteiger partial charge in [0.2, 0.25) is 0 Å². The van der Waals surface area contributed by atoms with Crippen LogP contribution in [0.5, 0.6) is 0 Å². The van der Waals surface area contributed by atoms with E-state index in [9.17, 15) is 9.59 Å². The molecule has 5 rings (SSSR count). The molecule has 2 aliphatic heterocycles. The Morgan fingerprint density at radius 3 is 2.72 bits per heavy atom. The molecule has 8 heteroatoms. The molecule has 1 saturated heterocycles. The van der Waals surface area contributed by atoms with Crippen LogP contribution in [0.2, 0.25) is 10.0 Å².